The lowest BCUT2D eigenvalue weighted by Gasteiger charge is -2.28. The van der Waals surface area contributed by atoms with Crippen LogP contribution < -0.4 is 0 Å². The van der Waals surface area contributed by atoms with Crippen molar-refractivity contribution in [3.63, 3.8) is 0 Å². The van der Waals surface area contributed by atoms with E-state index < -0.39 is 36.0 Å². The Hall–Kier alpha value is -2.55. The largest absolute Gasteiger partial charge is 0.468 e. The molecule has 1 heterocycles. The first kappa shape index (κ1) is 26.1. The highest BCUT2D eigenvalue weighted by atomic mass is 32.2. The number of aldehydes is 1. The second-order valence-corrected chi connectivity index (χ2v) is 16.3. The van der Waals surface area contributed by atoms with E-state index in [0.29, 0.717) is 0 Å². The van der Waals surface area contributed by atoms with Crippen molar-refractivity contribution in [2.75, 3.05) is 13.7 Å². The fourth-order valence-corrected chi connectivity index (χ4v) is 8.95. The van der Waals surface area contributed by atoms with Crippen molar-refractivity contribution in [1.29, 1.82) is 0 Å². The van der Waals surface area contributed by atoms with Gasteiger partial charge in [0.05, 0.1) is 20.1 Å². The van der Waals surface area contributed by atoms with Gasteiger partial charge < -0.3 is 9.53 Å². The standard InChI is InChI=1S/C26H33NO5SSi/c1-19-11-13-22(14-12-19)33(30,31)27-17-24(23(15-16-28)25(27)26(29)32-3)20(2)34(4,5)18-21-9-7-6-8-10-21/h6-14,16,23,25H,15,17-18H2,1-5H3/b24-20-/t23-,25-/m0/s1. The molecule has 182 valence electrons. The van der Waals surface area contributed by atoms with Crippen LogP contribution in [0.3, 0.4) is 0 Å². The van der Waals surface area contributed by atoms with Crippen LogP contribution >= 0.6 is 0 Å². The van der Waals surface area contributed by atoms with Gasteiger partial charge in [-0.25, -0.2) is 8.42 Å². The van der Waals surface area contributed by atoms with Crippen molar-refractivity contribution in [2.24, 2.45) is 5.92 Å². The highest BCUT2D eigenvalue weighted by molar-refractivity contribution is 7.89. The summed E-state index contributed by atoms with van der Waals surface area (Å²) in [4.78, 5) is 24.7. The molecule has 0 aliphatic carbocycles. The molecule has 1 aliphatic heterocycles. The third-order valence-corrected chi connectivity index (χ3v) is 12.4. The lowest BCUT2D eigenvalue weighted by atomic mass is 9.93. The Labute approximate surface area is 203 Å². The molecule has 0 bridgehead atoms. The minimum Gasteiger partial charge on any atom is -0.468 e. The molecule has 0 aromatic heterocycles. The van der Waals surface area contributed by atoms with Gasteiger partial charge >= 0.3 is 5.97 Å². The maximum atomic E-state index is 13.7. The van der Waals surface area contributed by atoms with E-state index in [-0.39, 0.29) is 17.9 Å². The van der Waals surface area contributed by atoms with Gasteiger partial charge in [0.2, 0.25) is 10.0 Å². The summed E-state index contributed by atoms with van der Waals surface area (Å²) < 4.78 is 33.6. The molecule has 34 heavy (non-hydrogen) atoms. The van der Waals surface area contributed by atoms with Crippen LogP contribution in [0.5, 0.6) is 0 Å². The molecule has 6 nitrogen and oxygen atoms in total. The van der Waals surface area contributed by atoms with Gasteiger partial charge in [-0.1, -0.05) is 77.5 Å². The average Bonchev–Trinajstić information content (AvgIpc) is 3.19. The van der Waals surface area contributed by atoms with Crippen LogP contribution in [0.2, 0.25) is 13.1 Å². The number of aryl methyl sites for hydroxylation is 1. The van der Waals surface area contributed by atoms with Crippen molar-refractivity contribution < 1.29 is 22.7 Å². The van der Waals surface area contributed by atoms with E-state index in [1.54, 1.807) is 24.3 Å². The van der Waals surface area contributed by atoms with Crippen LogP contribution in [0.15, 0.2) is 70.3 Å². The molecule has 1 aliphatic rings. The van der Waals surface area contributed by atoms with E-state index in [4.69, 9.17) is 4.74 Å². The minimum absolute atomic E-state index is 0.0577. The quantitative estimate of drug-likeness (QED) is 0.310. The summed E-state index contributed by atoms with van der Waals surface area (Å²) in [6.07, 6.45) is 0.823. The number of esters is 1. The van der Waals surface area contributed by atoms with E-state index in [0.717, 1.165) is 28.7 Å². The number of ether oxygens (including phenoxy) is 1. The number of sulfonamides is 1. The zero-order valence-corrected chi connectivity index (χ0v) is 22.3. The van der Waals surface area contributed by atoms with Gasteiger partial charge in [0, 0.05) is 18.9 Å². The van der Waals surface area contributed by atoms with Gasteiger partial charge in [-0.05, 0) is 32.0 Å². The van der Waals surface area contributed by atoms with E-state index in [2.05, 4.69) is 25.2 Å². The zero-order valence-electron chi connectivity index (χ0n) is 20.4. The molecule has 2 aromatic carbocycles. The van der Waals surface area contributed by atoms with Crippen LogP contribution in [0, 0.1) is 12.8 Å². The molecule has 2 aromatic rings. The van der Waals surface area contributed by atoms with Crippen LogP contribution in [0.1, 0.15) is 24.5 Å². The lowest BCUT2D eigenvalue weighted by molar-refractivity contribution is -0.145. The van der Waals surface area contributed by atoms with Crippen LogP contribution in [-0.4, -0.2) is 52.7 Å². The first-order valence-corrected chi connectivity index (χ1v) is 16.0. The van der Waals surface area contributed by atoms with Gasteiger partial charge in [-0.3, -0.25) is 4.79 Å². The van der Waals surface area contributed by atoms with Gasteiger partial charge in [0.1, 0.15) is 12.3 Å². The maximum Gasteiger partial charge on any atom is 0.324 e. The number of benzene rings is 2. The number of nitrogens with zero attached hydrogens (tertiary/aromatic N) is 1. The Morgan fingerprint density at radius 1 is 1.12 bits per heavy atom. The molecular formula is C26H33NO5SSi. The van der Waals surface area contributed by atoms with Crippen LogP contribution in [-0.2, 0) is 30.4 Å². The summed E-state index contributed by atoms with van der Waals surface area (Å²) in [6.45, 7) is 8.48. The van der Waals surface area contributed by atoms with Crippen LogP contribution in [0.25, 0.3) is 0 Å². The maximum absolute atomic E-state index is 13.7. The highest BCUT2D eigenvalue weighted by Crippen LogP contribution is 2.40. The normalized spacial score (nSPS) is 20.7. The molecule has 0 unspecified atom stereocenters. The molecule has 1 fully saturated rings. The van der Waals surface area contributed by atoms with Crippen molar-refractivity contribution in [3.8, 4) is 0 Å². The van der Waals surface area contributed by atoms with Crippen LogP contribution in [0.4, 0.5) is 0 Å². The lowest BCUT2D eigenvalue weighted by Crippen LogP contribution is -2.44. The fourth-order valence-electron chi connectivity index (χ4n) is 4.70. The number of rotatable bonds is 8. The van der Waals surface area contributed by atoms with E-state index in [9.17, 15) is 18.0 Å². The number of allylic oxidation sites excluding steroid dienone is 1. The van der Waals surface area contributed by atoms with Gasteiger partial charge in [0.15, 0.2) is 0 Å². The molecular weight excluding hydrogens is 466 g/mol. The Morgan fingerprint density at radius 2 is 1.74 bits per heavy atom. The summed E-state index contributed by atoms with van der Waals surface area (Å²) >= 11 is 0. The summed E-state index contributed by atoms with van der Waals surface area (Å²) in [7, 11) is -4.78. The van der Waals surface area contributed by atoms with E-state index >= 15 is 0 Å². The number of hydrogen-bond acceptors (Lipinski definition) is 5. The molecule has 0 saturated carbocycles. The number of hydrogen-bond donors (Lipinski definition) is 0. The Morgan fingerprint density at radius 3 is 2.29 bits per heavy atom. The smallest absolute Gasteiger partial charge is 0.324 e. The Kier molecular flexibility index (Phi) is 7.95. The predicted molar refractivity (Wildman–Crippen MR) is 135 cm³/mol. The summed E-state index contributed by atoms with van der Waals surface area (Å²) in [5.74, 6) is -1.19. The third-order valence-electron chi connectivity index (χ3n) is 6.87. The molecule has 1 saturated heterocycles. The monoisotopic (exact) mass is 499 g/mol. The summed E-state index contributed by atoms with van der Waals surface area (Å²) in [5, 5.41) is 1.12. The summed E-state index contributed by atoms with van der Waals surface area (Å²) in [6, 6.07) is 16.6. The van der Waals surface area contributed by atoms with Gasteiger partial charge in [0.25, 0.3) is 0 Å². The Bertz CT molecular complexity index is 1170. The predicted octanol–water partition coefficient (Wildman–Crippen LogP) is 4.09. The second kappa shape index (κ2) is 10.4. The molecule has 8 heteroatoms. The van der Waals surface area contributed by atoms with Crippen molar-refractivity contribution in [1.82, 2.24) is 4.31 Å². The second-order valence-electron chi connectivity index (χ2n) is 9.54. The molecule has 0 radical (unpaired) electrons. The first-order chi connectivity index (χ1) is 16.0. The van der Waals surface area contributed by atoms with Crippen molar-refractivity contribution in [2.45, 2.75) is 50.3 Å². The van der Waals surface area contributed by atoms with Gasteiger partial charge in [-0.2, -0.15) is 4.31 Å². The first-order valence-electron chi connectivity index (χ1n) is 11.4. The van der Waals surface area contributed by atoms with Gasteiger partial charge in [-0.15, -0.1) is 0 Å². The number of methoxy groups -OCH3 is 1. The Balaban J connectivity index is 2.11. The number of carbonyl (C=O) groups is 2. The minimum atomic E-state index is -3.98. The fraction of sp³-hybridized carbons (Fsp3) is 0.385. The average molecular weight is 500 g/mol. The molecule has 2 atom stereocenters. The molecule has 0 amide bonds. The van der Waals surface area contributed by atoms with E-state index in [1.807, 2.05) is 32.0 Å². The SMILES string of the molecule is COC(=O)[C@@H]1[C@@H](CC=O)/C(=C(/C)[Si](C)(C)Cc2ccccc2)CN1S(=O)(=O)c1ccc(C)cc1. The van der Waals surface area contributed by atoms with Crippen molar-refractivity contribution in [3.05, 3.63) is 76.5 Å². The molecule has 3 rings (SSSR count). The molecule has 0 spiro atoms. The molecule has 0 N–H and O–H groups in total. The number of carbonyl (C=O) groups excluding carboxylic acids is 2. The summed E-state index contributed by atoms with van der Waals surface area (Å²) in [5.41, 5.74) is 3.03. The third kappa shape index (κ3) is 5.24. The highest BCUT2D eigenvalue weighted by Gasteiger charge is 2.50. The van der Waals surface area contributed by atoms with Crippen molar-refractivity contribution >= 4 is 30.4 Å². The van der Waals surface area contributed by atoms with E-state index in [1.165, 1.54) is 17.0 Å². The topological polar surface area (TPSA) is 80.8 Å². The zero-order chi connectivity index (χ0) is 25.1.